The van der Waals surface area contributed by atoms with Gasteiger partial charge in [-0.15, -0.1) is 0 Å². The van der Waals surface area contributed by atoms with Crippen molar-refractivity contribution in [2.45, 2.75) is 18.3 Å². The van der Waals surface area contributed by atoms with Crippen molar-refractivity contribution in [2.75, 3.05) is 11.5 Å². The van der Waals surface area contributed by atoms with E-state index in [0.717, 1.165) is 35.6 Å². The molecule has 8 aromatic carbocycles. The molecule has 2 aliphatic rings. The number of para-hydroxylation sites is 4. The first-order valence-electron chi connectivity index (χ1n) is 22.7. The number of aromatic nitrogens is 2. The Hall–Kier alpha value is -8.08. The van der Waals surface area contributed by atoms with Crippen LogP contribution in [0.25, 0.3) is 66.1 Å². The largest absolute Gasteiger partial charge is 0.399 e. The number of hydrogen-bond donors (Lipinski definition) is 2. The average Bonchev–Trinajstić information content (AvgIpc) is 3.90. The third-order valence-electron chi connectivity index (χ3n) is 14.2. The molecule has 2 aliphatic carbocycles. The van der Waals surface area contributed by atoms with Crippen LogP contribution in [-0.4, -0.2) is 9.13 Å². The van der Waals surface area contributed by atoms with Crippen molar-refractivity contribution in [2.24, 2.45) is 11.8 Å². The van der Waals surface area contributed by atoms with Gasteiger partial charge in [-0.25, -0.2) is 0 Å². The summed E-state index contributed by atoms with van der Waals surface area (Å²) >= 11 is 0. The van der Waals surface area contributed by atoms with E-state index in [0.29, 0.717) is 0 Å². The summed E-state index contributed by atoms with van der Waals surface area (Å²) in [4.78, 5) is 0. The summed E-state index contributed by atoms with van der Waals surface area (Å²) in [6.45, 7) is 0. The van der Waals surface area contributed by atoms with Crippen molar-refractivity contribution in [3.05, 3.63) is 253 Å². The van der Waals surface area contributed by atoms with Gasteiger partial charge in [0.15, 0.2) is 0 Å². The fourth-order valence-electron chi connectivity index (χ4n) is 11.0. The van der Waals surface area contributed by atoms with Crippen LogP contribution in [0.3, 0.4) is 0 Å². The van der Waals surface area contributed by atoms with Crippen LogP contribution >= 0.6 is 0 Å². The van der Waals surface area contributed by atoms with Crippen LogP contribution in [0.1, 0.15) is 35.1 Å². The molecule has 4 N–H and O–H groups in total. The SMILES string of the molecule is Nc1ccc(C2(c3ccc(N)cc3)C/C=C(c3ccc(-n4c5ccccc5c5ccccc54)cc3)\C=C/CC3C=CC(c4ccc(-n5c6ccccc6c6ccccc65)cc4)=CC32)cc1. The van der Waals surface area contributed by atoms with E-state index in [9.17, 15) is 0 Å². The van der Waals surface area contributed by atoms with Gasteiger partial charge in [0.05, 0.1) is 22.1 Å². The summed E-state index contributed by atoms with van der Waals surface area (Å²) in [7, 11) is 0. The van der Waals surface area contributed by atoms with E-state index in [1.54, 1.807) is 0 Å². The third kappa shape index (κ3) is 6.44. The summed E-state index contributed by atoms with van der Waals surface area (Å²) in [6, 6.07) is 70.2. The lowest BCUT2D eigenvalue weighted by Gasteiger charge is -2.45. The molecule has 0 bridgehead atoms. The Kier molecular flexibility index (Phi) is 9.27. The molecule has 2 heterocycles. The minimum Gasteiger partial charge on any atom is -0.399 e. The van der Waals surface area contributed by atoms with E-state index in [4.69, 9.17) is 11.5 Å². The number of hydrogen-bond acceptors (Lipinski definition) is 2. The number of allylic oxidation sites excluding steroid dienone is 8. The molecular formula is C61H48N4. The summed E-state index contributed by atoms with van der Waals surface area (Å²) < 4.78 is 4.77. The second kappa shape index (κ2) is 15.6. The number of nitrogens with zero attached hydrogens (tertiary/aromatic N) is 2. The van der Waals surface area contributed by atoms with E-state index in [2.05, 4.69) is 240 Å². The van der Waals surface area contributed by atoms with Crippen LogP contribution in [-0.2, 0) is 5.41 Å². The van der Waals surface area contributed by atoms with E-state index in [-0.39, 0.29) is 11.8 Å². The van der Waals surface area contributed by atoms with Crippen LogP contribution in [0.5, 0.6) is 0 Å². The van der Waals surface area contributed by atoms with Gasteiger partial charge in [-0.2, -0.15) is 0 Å². The van der Waals surface area contributed by atoms with Gasteiger partial charge in [0.25, 0.3) is 0 Å². The fraction of sp³-hybridized carbons (Fsp3) is 0.0820. The molecule has 12 rings (SSSR count). The predicted octanol–water partition coefficient (Wildman–Crippen LogP) is 14.7. The third-order valence-corrected chi connectivity index (χ3v) is 14.2. The monoisotopic (exact) mass is 836 g/mol. The lowest BCUT2D eigenvalue weighted by atomic mass is 9.58. The average molecular weight is 837 g/mol. The van der Waals surface area contributed by atoms with Crippen LogP contribution in [0.4, 0.5) is 11.4 Å². The molecule has 0 aliphatic heterocycles. The van der Waals surface area contributed by atoms with Crippen molar-refractivity contribution in [1.29, 1.82) is 0 Å². The van der Waals surface area contributed by atoms with Crippen LogP contribution in [0.15, 0.2) is 231 Å². The lowest BCUT2D eigenvalue weighted by Crippen LogP contribution is -2.40. The van der Waals surface area contributed by atoms with E-state index >= 15 is 0 Å². The fourth-order valence-corrected chi connectivity index (χ4v) is 11.0. The maximum Gasteiger partial charge on any atom is 0.0541 e. The van der Waals surface area contributed by atoms with E-state index in [1.807, 2.05) is 0 Å². The van der Waals surface area contributed by atoms with Gasteiger partial charge >= 0.3 is 0 Å². The first-order valence-corrected chi connectivity index (χ1v) is 22.7. The molecule has 0 saturated carbocycles. The second-order valence-corrected chi connectivity index (χ2v) is 17.7. The Morgan fingerprint density at radius 2 is 0.846 bits per heavy atom. The molecule has 2 aromatic heterocycles. The first kappa shape index (κ1) is 38.6. The van der Waals surface area contributed by atoms with Gasteiger partial charge in [0.2, 0.25) is 0 Å². The number of benzene rings is 8. The van der Waals surface area contributed by atoms with Crippen LogP contribution < -0.4 is 11.5 Å². The number of anilines is 2. The minimum absolute atomic E-state index is 0.102. The van der Waals surface area contributed by atoms with Crippen molar-refractivity contribution >= 4 is 66.1 Å². The maximum atomic E-state index is 6.42. The van der Waals surface area contributed by atoms with Crippen molar-refractivity contribution in [3.63, 3.8) is 0 Å². The molecule has 0 saturated heterocycles. The first-order chi connectivity index (χ1) is 32.0. The molecule has 4 nitrogen and oxygen atoms in total. The minimum atomic E-state index is -0.453. The number of nitrogens with two attached hydrogens (primary N) is 2. The molecular weight excluding hydrogens is 789 g/mol. The predicted molar refractivity (Wildman–Crippen MR) is 274 cm³/mol. The summed E-state index contributed by atoms with van der Waals surface area (Å²) in [6.07, 6.45) is 16.2. The zero-order valence-corrected chi connectivity index (χ0v) is 36.1. The molecule has 2 atom stereocenters. The molecule has 0 spiro atoms. The van der Waals surface area contributed by atoms with Gasteiger partial charge in [0.1, 0.15) is 0 Å². The van der Waals surface area contributed by atoms with Gasteiger partial charge in [0, 0.05) is 49.7 Å². The summed E-state index contributed by atoms with van der Waals surface area (Å²) in [5.74, 6) is 0.331. The summed E-state index contributed by atoms with van der Waals surface area (Å²) in [5.41, 5.74) is 28.3. The zero-order chi connectivity index (χ0) is 43.5. The van der Waals surface area contributed by atoms with Crippen LogP contribution in [0.2, 0.25) is 0 Å². The van der Waals surface area contributed by atoms with Crippen molar-refractivity contribution in [3.8, 4) is 11.4 Å². The van der Waals surface area contributed by atoms with E-state index in [1.165, 1.54) is 77.0 Å². The highest BCUT2D eigenvalue weighted by Crippen LogP contribution is 2.52. The normalized spacial score (nSPS) is 18.4. The van der Waals surface area contributed by atoms with Crippen molar-refractivity contribution in [1.82, 2.24) is 9.13 Å². The molecule has 0 fully saturated rings. The van der Waals surface area contributed by atoms with E-state index < -0.39 is 5.41 Å². The highest BCUT2D eigenvalue weighted by molar-refractivity contribution is 6.10. The quantitative estimate of drug-likeness (QED) is 0.164. The maximum absolute atomic E-state index is 6.42. The Morgan fingerprint density at radius 1 is 0.431 bits per heavy atom. The highest BCUT2D eigenvalue weighted by Gasteiger charge is 2.44. The molecule has 4 heteroatoms. The standard InChI is InChI=1S/C61H48N4/c62-48-30-26-46(27-31-48)61(47-28-32-49(63)33-29-47)39-38-41(42-22-34-50(35-23-42)64-57-16-5-1-12-52(57)53-13-2-6-17-58(53)64)10-9-11-44-20-21-45(40-56(44)61)43-24-36-51(37-25-43)65-59-18-7-3-14-54(59)55-15-4-8-19-60(55)65/h1-10,12-38,40,44,56H,11,39,62-63H2/b10-9-,41-38+. The molecule has 10 aromatic rings. The Labute approximate surface area is 379 Å². The van der Waals surface area contributed by atoms with Crippen LogP contribution in [0, 0.1) is 11.8 Å². The molecule has 65 heavy (non-hydrogen) atoms. The molecule has 312 valence electrons. The van der Waals surface area contributed by atoms with Crippen molar-refractivity contribution < 1.29 is 0 Å². The topological polar surface area (TPSA) is 61.9 Å². The van der Waals surface area contributed by atoms with Gasteiger partial charge in [-0.05, 0) is 131 Å². The Balaban J connectivity index is 0.970. The molecule has 0 amide bonds. The lowest BCUT2D eigenvalue weighted by molar-refractivity contribution is 0.308. The molecule has 0 radical (unpaired) electrons. The smallest absolute Gasteiger partial charge is 0.0541 e. The Morgan fingerprint density at radius 3 is 1.29 bits per heavy atom. The zero-order valence-electron chi connectivity index (χ0n) is 36.1. The number of fused-ring (bicyclic) bond motifs is 7. The Bertz CT molecular complexity index is 3230. The number of rotatable bonds is 6. The van der Waals surface area contributed by atoms with Gasteiger partial charge in [-0.1, -0.05) is 158 Å². The second-order valence-electron chi connectivity index (χ2n) is 17.7. The van der Waals surface area contributed by atoms with Gasteiger partial charge < -0.3 is 20.6 Å². The summed E-state index contributed by atoms with van der Waals surface area (Å²) in [5, 5.41) is 5.06. The highest BCUT2D eigenvalue weighted by atomic mass is 15.0. The number of nitrogen functional groups attached to an aromatic ring is 2. The molecule has 2 unspecified atom stereocenters. The van der Waals surface area contributed by atoms with Gasteiger partial charge in [-0.3, -0.25) is 0 Å².